The highest BCUT2D eigenvalue weighted by molar-refractivity contribution is 7.93. The van der Waals surface area contributed by atoms with Crippen molar-refractivity contribution >= 4 is 44.9 Å². The predicted molar refractivity (Wildman–Crippen MR) is 99.0 cm³/mol. The topological polar surface area (TPSA) is 74.7 Å². The van der Waals surface area contributed by atoms with Gasteiger partial charge in [-0.2, -0.15) is 0 Å². The molecule has 2 rings (SSSR count). The lowest BCUT2D eigenvalue weighted by molar-refractivity contribution is -0.137. The van der Waals surface area contributed by atoms with Crippen LogP contribution in [0.4, 0.5) is 5.69 Å². The Bertz CT molecular complexity index is 882. The van der Waals surface area contributed by atoms with Gasteiger partial charge in [0.1, 0.15) is 10.9 Å². The minimum Gasteiger partial charge on any atom is -0.480 e. The zero-order valence-corrected chi connectivity index (χ0v) is 15.9. The van der Waals surface area contributed by atoms with E-state index in [0.717, 1.165) is 16.3 Å². The van der Waals surface area contributed by atoms with E-state index in [2.05, 4.69) is 0 Å². The summed E-state index contributed by atoms with van der Waals surface area (Å²) in [5, 5.41) is 9.54. The third-order valence-corrected chi connectivity index (χ3v) is 6.35. The van der Waals surface area contributed by atoms with Gasteiger partial charge in [0.2, 0.25) is 0 Å². The molecule has 0 heterocycles. The Morgan fingerprint density at radius 2 is 1.76 bits per heavy atom. The number of anilines is 1. The van der Waals surface area contributed by atoms with Crippen LogP contribution in [0.5, 0.6) is 0 Å². The smallest absolute Gasteiger partial charge is 0.327 e. The first-order valence-electron chi connectivity index (χ1n) is 7.49. The molecular weight excluding hydrogens is 385 g/mol. The Morgan fingerprint density at radius 3 is 2.28 bits per heavy atom. The van der Waals surface area contributed by atoms with Gasteiger partial charge in [0.15, 0.2) is 0 Å². The average molecular weight is 402 g/mol. The van der Waals surface area contributed by atoms with E-state index in [1.807, 2.05) is 6.92 Å². The fourth-order valence-corrected chi connectivity index (χ4v) is 4.69. The number of aliphatic carboxylic acids is 1. The molecule has 0 saturated heterocycles. The summed E-state index contributed by atoms with van der Waals surface area (Å²) >= 11 is 11.9. The lowest BCUT2D eigenvalue weighted by Crippen LogP contribution is -2.43. The number of carbonyl (C=O) groups is 1. The molecule has 1 N–H and O–H groups in total. The van der Waals surface area contributed by atoms with Gasteiger partial charge in [-0.15, -0.1) is 0 Å². The predicted octanol–water partition coefficient (Wildman–Crippen LogP) is 4.22. The second-order valence-electron chi connectivity index (χ2n) is 5.41. The number of hydrogen-bond acceptors (Lipinski definition) is 3. The van der Waals surface area contributed by atoms with Gasteiger partial charge in [0.25, 0.3) is 10.0 Å². The standard InChI is InChI=1S/C17H17Cl2NO4S/c1-3-12-4-7-14(8-5-12)20(11(2)17(21)22)25(23,24)16-10-13(18)6-9-15(16)19/h4-11H,3H2,1-2H3,(H,21,22). The van der Waals surface area contributed by atoms with Crippen molar-refractivity contribution in [1.29, 1.82) is 0 Å². The molecule has 1 atom stereocenters. The summed E-state index contributed by atoms with van der Waals surface area (Å²) < 4.78 is 27.1. The van der Waals surface area contributed by atoms with Crippen molar-refractivity contribution < 1.29 is 18.3 Å². The minimum atomic E-state index is -4.24. The van der Waals surface area contributed by atoms with Crippen LogP contribution in [0.15, 0.2) is 47.4 Å². The lowest BCUT2D eigenvalue weighted by atomic mass is 10.1. The summed E-state index contributed by atoms with van der Waals surface area (Å²) in [6, 6.07) is 9.37. The molecule has 8 heteroatoms. The van der Waals surface area contributed by atoms with Crippen molar-refractivity contribution in [3.63, 3.8) is 0 Å². The lowest BCUT2D eigenvalue weighted by Gasteiger charge is -2.28. The van der Waals surface area contributed by atoms with E-state index in [-0.39, 0.29) is 20.6 Å². The van der Waals surface area contributed by atoms with Gasteiger partial charge in [-0.1, -0.05) is 42.3 Å². The SMILES string of the molecule is CCc1ccc(N(C(C)C(=O)O)S(=O)(=O)c2cc(Cl)ccc2Cl)cc1. The Hall–Kier alpha value is -1.76. The van der Waals surface area contributed by atoms with E-state index in [9.17, 15) is 18.3 Å². The van der Waals surface area contributed by atoms with Crippen LogP contribution in [-0.4, -0.2) is 25.5 Å². The van der Waals surface area contributed by atoms with Gasteiger partial charge in [-0.25, -0.2) is 13.2 Å². The largest absolute Gasteiger partial charge is 0.480 e. The molecule has 0 spiro atoms. The van der Waals surface area contributed by atoms with Gasteiger partial charge >= 0.3 is 5.97 Å². The van der Waals surface area contributed by atoms with Crippen LogP contribution in [-0.2, 0) is 21.2 Å². The van der Waals surface area contributed by atoms with Crippen LogP contribution in [0.3, 0.4) is 0 Å². The highest BCUT2D eigenvalue weighted by Gasteiger charge is 2.34. The number of rotatable bonds is 6. The van der Waals surface area contributed by atoms with Crippen molar-refractivity contribution in [2.45, 2.75) is 31.2 Å². The number of nitrogens with zero attached hydrogens (tertiary/aromatic N) is 1. The van der Waals surface area contributed by atoms with E-state index in [0.29, 0.717) is 0 Å². The third-order valence-electron chi connectivity index (χ3n) is 3.74. The summed E-state index contributed by atoms with van der Waals surface area (Å²) in [4.78, 5) is 11.3. The maximum Gasteiger partial charge on any atom is 0.327 e. The summed E-state index contributed by atoms with van der Waals surface area (Å²) in [6.07, 6.45) is 0.779. The molecule has 0 aliphatic rings. The van der Waals surface area contributed by atoms with Gasteiger partial charge < -0.3 is 5.11 Å². The minimum absolute atomic E-state index is 0.0304. The molecule has 25 heavy (non-hydrogen) atoms. The van der Waals surface area contributed by atoms with Crippen LogP contribution in [0.1, 0.15) is 19.4 Å². The fraction of sp³-hybridized carbons (Fsp3) is 0.235. The molecule has 134 valence electrons. The molecule has 0 aliphatic carbocycles. The zero-order chi connectivity index (χ0) is 18.8. The molecule has 0 saturated carbocycles. The Kier molecular flexibility index (Phi) is 5.98. The summed E-state index contributed by atoms with van der Waals surface area (Å²) in [7, 11) is -4.24. The van der Waals surface area contributed by atoms with Crippen LogP contribution >= 0.6 is 23.2 Å². The second-order valence-corrected chi connectivity index (χ2v) is 8.04. The molecule has 0 fully saturated rings. The maximum absolute atomic E-state index is 13.1. The van der Waals surface area contributed by atoms with Gasteiger partial charge in [0, 0.05) is 5.02 Å². The van der Waals surface area contributed by atoms with Crippen LogP contribution < -0.4 is 4.31 Å². The van der Waals surface area contributed by atoms with E-state index < -0.39 is 22.0 Å². The molecule has 1 unspecified atom stereocenters. The molecule has 0 aliphatic heterocycles. The molecule has 2 aromatic carbocycles. The normalized spacial score (nSPS) is 12.6. The number of carboxylic acid groups (broad SMARTS) is 1. The number of benzene rings is 2. The summed E-state index contributed by atoms with van der Waals surface area (Å²) in [5.74, 6) is -1.28. The highest BCUT2D eigenvalue weighted by Crippen LogP contribution is 2.32. The molecule has 2 aromatic rings. The monoisotopic (exact) mass is 401 g/mol. The first kappa shape index (κ1) is 19.6. The molecule has 0 bridgehead atoms. The number of aryl methyl sites for hydroxylation is 1. The van der Waals surface area contributed by atoms with Crippen molar-refractivity contribution in [3.8, 4) is 0 Å². The van der Waals surface area contributed by atoms with Gasteiger partial charge in [-0.3, -0.25) is 4.31 Å². The van der Waals surface area contributed by atoms with E-state index in [1.54, 1.807) is 24.3 Å². The molecule has 5 nitrogen and oxygen atoms in total. The summed E-state index contributed by atoms with van der Waals surface area (Å²) in [6.45, 7) is 3.27. The number of hydrogen-bond donors (Lipinski definition) is 1. The molecule has 0 aromatic heterocycles. The van der Waals surface area contributed by atoms with Crippen LogP contribution in [0.2, 0.25) is 10.0 Å². The third kappa shape index (κ3) is 4.08. The molecule has 0 amide bonds. The Labute approximate surface area is 156 Å². The number of sulfonamides is 1. The van der Waals surface area contributed by atoms with E-state index in [1.165, 1.54) is 25.1 Å². The first-order chi connectivity index (χ1) is 11.7. The van der Waals surface area contributed by atoms with Crippen molar-refractivity contribution in [2.24, 2.45) is 0 Å². The van der Waals surface area contributed by atoms with Crippen LogP contribution in [0, 0.1) is 0 Å². The van der Waals surface area contributed by atoms with Crippen LogP contribution in [0.25, 0.3) is 0 Å². The molecule has 0 radical (unpaired) electrons. The number of carboxylic acids is 1. The Balaban J connectivity index is 2.65. The number of halogens is 2. The van der Waals surface area contributed by atoms with Crippen molar-refractivity contribution in [2.75, 3.05) is 4.31 Å². The highest BCUT2D eigenvalue weighted by atomic mass is 35.5. The second kappa shape index (κ2) is 7.64. The van der Waals surface area contributed by atoms with Crippen molar-refractivity contribution in [3.05, 3.63) is 58.1 Å². The fourth-order valence-electron chi connectivity index (χ4n) is 2.33. The molecular formula is C17H17Cl2NO4S. The maximum atomic E-state index is 13.1. The van der Waals surface area contributed by atoms with Gasteiger partial charge in [-0.05, 0) is 49.2 Å². The quantitative estimate of drug-likeness (QED) is 0.785. The van der Waals surface area contributed by atoms with Gasteiger partial charge in [0.05, 0.1) is 10.7 Å². The van der Waals surface area contributed by atoms with Crippen molar-refractivity contribution in [1.82, 2.24) is 0 Å². The zero-order valence-electron chi connectivity index (χ0n) is 13.6. The summed E-state index contributed by atoms with van der Waals surface area (Å²) in [5.41, 5.74) is 1.24. The first-order valence-corrected chi connectivity index (χ1v) is 9.69. The van der Waals surface area contributed by atoms with E-state index in [4.69, 9.17) is 23.2 Å². The Morgan fingerprint density at radius 1 is 1.16 bits per heavy atom. The average Bonchev–Trinajstić information content (AvgIpc) is 2.57. The van der Waals surface area contributed by atoms with E-state index >= 15 is 0 Å².